The Kier molecular flexibility index (Phi) is 4.05. The van der Waals surface area contributed by atoms with Gasteiger partial charge in [0.15, 0.2) is 0 Å². The number of carbonyl (C=O) groups is 1. The third-order valence-electron chi connectivity index (χ3n) is 4.94. The zero-order valence-corrected chi connectivity index (χ0v) is 11.8. The highest BCUT2D eigenvalue weighted by atomic mass is 16.4. The van der Waals surface area contributed by atoms with Crippen molar-refractivity contribution in [2.45, 2.75) is 57.2 Å². The van der Waals surface area contributed by atoms with Crippen LogP contribution in [-0.4, -0.2) is 44.4 Å². The Hall–Kier alpha value is -1.36. The molecule has 2 heterocycles. The summed E-state index contributed by atoms with van der Waals surface area (Å²) in [4.78, 5) is 13.8. The van der Waals surface area contributed by atoms with Crippen LogP contribution in [0.4, 0.5) is 0 Å². The Balaban J connectivity index is 1.71. The Morgan fingerprint density at radius 1 is 1.20 bits per heavy atom. The SMILES string of the molecule is O=C(O)C1CCC2CCCCC2N1CCn1cccn1. The molecule has 0 spiro atoms. The molecule has 3 atom stereocenters. The molecule has 3 rings (SSSR count). The first kappa shape index (κ1) is 13.6. The first-order valence-electron chi connectivity index (χ1n) is 7.71. The van der Waals surface area contributed by atoms with Crippen molar-refractivity contribution in [1.29, 1.82) is 0 Å². The molecule has 0 radical (unpaired) electrons. The fourth-order valence-corrected chi connectivity index (χ4v) is 3.97. The third kappa shape index (κ3) is 2.73. The maximum Gasteiger partial charge on any atom is 0.320 e. The van der Waals surface area contributed by atoms with Gasteiger partial charge in [0, 0.05) is 25.0 Å². The van der Waals surface area contributed by atoms with E-state index in [1.165, 1.54) is 19.3 Å². The van der Waals surface area contributed by atoms with Crippen LogP contribution in [0.5, 0.6) is 0 Å². The Bertz CT molecular complexity index is 446. The molecule has 2 aliphatic rings. The van der Waals surface area contributed by atoms with Crippen molar-refractivity contribution in [3.8, 4) is 0 Å². The van der Waals surface area contributed by atoms with Crippen molar-refractivity contribution >= 4 is 5.97 Å². The van der Waals surface area contributed by atoms with Crippen molar-refractivity contribution in [2.24, 2.45) is 5.92 Å². The predicted octanol–water partition coefficient (Wildman–Crippen LogP) is 1.99. The molecular formula is C15H23N3O2. The first-order valence-corrected chi connectivity index (χ1v) is 7.71. The fourth-order valence-electron chi connectivity index (χ4n) is 3.97. The van der Waals surface area contributed by atoms with Crippen LogP contribution in [0.1, 0.15) is 38.5 Å². The molecule has 5 nitrogen and oxygen atoms in total. The van der Waals surface area contributed by atoms with E-state index in [0.717, 1.165) is 32.4 Å². The Morgan fingerprint density at radius 2 is 2.05 bits per heavy atom. The van der Waals surface area contributed by atoms with Crippen molar-refractivity contribution in [3.05, 3.63) is 18.5 Å². The summed E-state index contributed by atoms with van der Waals surface area (Å²) >= 11 is 0. The van der Waals surface area contributed by atoms with E-state index in [4.69, 9.17) is 0 Å². The first-order chi connectivity index (χ1) is 9.75. The standard InChI is InChI=1S/C15H23N3O2/c19-15(20)14-7-6-12-4-1-2-5-13(12)18(14)11-10-17-9-3-8-16-17/h3,8-9,12-14H,1-2,4-7,10-11H2,(H,19,20). The molecule has 0 amide bonds. The summed E-state index contributed by atoms with van der Waals surface area (Å²) in [5.74, 6) is 0.0476. The molecule has 20 heavy (non-hydrogen) atoms. The number of fused-ring (bicyclic) bond motifs is 1. The van der Waals surface area contributed by atoms with Crippen LogP contribution < -0.4 is 0 Å². The summed E-state index contributed by atoms with van der Waals surface area (Å²) < 4.78 is 1.89. The molecule has 2 fully saturated rings. The highest BCUT2D eigenvalue weighted by Gasteiger charge is 2.40. The lowest BCUT2D eigenvalue weighted by Crippen LogP contribution is -2.55. The normalized spacial score (nSPS) is 30.9. The van der Waals surface area contributed by atoms with Crippen LogP contribution in [0.3, 0.4) is 0 Å². The summed E-state index contributed by atoms with van der Waals surface area (Å²) in [6.07, 6.45) is 10.6. The molecule has 1 aromatic heterocycles. The molecule has 1 aliphatic heterocycles. The largest absolute Gasteiger partial charge is 0.480 e. The third-order valence-corrected chi connectivity index (χ3v) is 4.94. The molecule has 1 saturated carbocycles. The average molecular weight is 277 g/mol. The lowest BCUT2D eigenvalue weighted by molar-refractivity contribution is -0.148. The Morgan fingerprint density at radius 3 is 2.80 bits per heavy atom. The summed E-state index contributed by atoms with van der Waals surface area (Å²) in [7, 11) is 0. The highest BCUT2D eigenvalue weighted by molar-refractivity contribution is 5.73. The number of hydrogen-bond acceptors (Lipinski definition) is 3. The van der Waals surface area contributed by atoms with E-state index in [-0.39, 0.29) is 6.04 Å². The number of aliphatic carboxylic acids is 1. The molecule has 1 saturated heterocycles. The topological polar surface area (TPSA) is 58.4 Å². The summed E-state index contributed by atoms with van der Waals surface area (Å²) in [5, 5.41) is 13.7. The molecule has 0 aromatic carbocycles. The van der Waals surface area contributed by atoms with Crippen LogP contribution in [0.15, 0.2) is 18.5 Å². The van der Waals surface area contributed by atoms with E-state index in [1.54, 1.807) is 6.20 Å². The smallest absolute Gasteiger partial charge is 0.320 e. The van der Waals surface area contributed by atoms with Gasteiger partial charge >= 0.3 is 5.97 Å². The molecule has 1 aromatic rings. The quantitative estimate of drug-likeness (QED) is 0.914. The molecule has 110 valence electrons. The van der Waals surface area contributed by atoms with Gasteiger partial charge in [-0.3, -0.25) is 14.4 Å². The van der Waals surface area contributed by atoms with Crippen LogP contribution in [0.25, 0.3) is 0 Å². The number of piperidine rings is 1. The highest BCUT2D eigenvalue weighted by Crippen LogP contribution is 2.37. The Labute approximate surface area is 119 Å². The van der Waals surface area contributed by atoms with E-state index in [0.29, 0.717) is 12.0 Å². The lowest BCUT2D eigenvalue weighted by Gasteiger charge is -2.47. The molecule has 3 unspecified atom stereocenters. The predicted molar refractivity (Wildman–Crippen MR) is 75.3 cm³/mol. The molecule has 5 heteroatoms. The van der Waals surface area contributed by atoms with Gasteiger partial charge in [-0.15, -0.1) is 0 Å². The van der Waals surface area contributed by atoms with Crippen molar-refractivity contribution in [1.82, 2.24) is 14.7 Å². The average Bonchev–Trinajstić information content (AvgIpc) is 2.97. The van der Waals surface area contributed by atoms with Gasteiger partial charge in [0.1, 0.15) is 6.04 Å². The summed E-state index contributed by atoms with van der Waals surface area (Å²) in [5.41, 5.74) is 0. The zero-order chi connectivity index (χ0) is 13.9. The van der Waals surface area contributed by atoms with Crippen molar-refractivity contribution < 1.29 is 9.90 Å². The summed E-state index contributed by atoms with van der Waals surface area (Å²) in [6.45, 7) is 1.57. The van der Waals surface area contributed by atoms with E-state index in [2.05, 4.69) is 10.00 Å². The van der Waals surface area contributed by atoms with Gasteiger partial charge in [0.05, 0.1) is 6.54 Å². The van der Waals surface area contributed by atoms with Gasteiger partial charge < -0.3 is 5.11 Å². The van der Waals surface area contributed by atoms with E-state index in [1.807, 2.05) is 16.9 Å². The number of likely N-dealkylation sites (tertiary alicyclic amines) is 1. The zero-order valence-electron chi connectivity index (χ0n) is 11.8. The second-order valence-corrected chi connectivity index (χ2v) is 6.05. The number of nitrogens with zero attached hydrogens (tertiary/aromatic N) is 3. The van der Waals surface area contributed by atoms with E-state index < -0.39 is 5.97 Å². The minimum absolute atomic E-state index is 0.301. The number of hydrogen-bond donors (Lipinski definition) is 1. The maximum absolute atomic E-state index is 11.5. The second kappa shape index (κ2) is 5.95. The van der Waals surface area contributed by atoms with Gasteiger partial charge in [0.25, 0.3) is 0 Å². The van der Waals surface area contributed by atoms with Crippen molar-refractivity contribution in [2.75, 3.05) is 6.54 Å². The lowest BCUT2D eigenvalue weighted by atomic mass is 9.76. The van der Waals surface area contributed by atoms with Crippen molar-refractivity contribution in [3.63, 3.8) is 0 Å². The van der Waals surface area contributed by atoms with Gasteiger partial charge in [-0.1, -0.05) is 12.8 Å². The molecule has 1 aliphatic carbocycles. The number of carboxylic acids is 1. The van der Waals surface area contributed by atoms with Crippen LogP contribution in [-0.2, 0) is 11.3 Å². The monoisotopic (exact) mass is 277 g/mol. The number of carboxylic acid groups (broad SMARTS) is 1. The van der Waals surface area contributed by atoms with Gasteiger partial charge in [-0.25, -0.2) is 0 Å². The fraction of sp³-hybridized carbons (Fsp3) is 0.733. The van der Waals surface area contributed by atoms with E-state index >= 15 is 0 Å². The number of rotatable bonds is 4. The van der Waals surface area contributed by atoms with E-state index in [9.17, 15) is 9.90 Å². The van der Waals surface area contributed by atoms with Crippen LogP contribution in [0, 0.1) is 5.92 Å². The maximum atomic E-state index is 11.5. The molecule has 0 bridgehead atoms. The molecule has 1 N–H and O–H groups in total. The van der Waals surface area contributed by atoms with Crippen LogP contribution in [0.2, 0.25) is 0 Å². The molecular weight excluding hydrogens is 254 g/mol. The minimum atomic E-state index is -0.658. The summed E-state index contributed by atoms with van der Waals surface area (Å²) in [6, 6.07) is 2.08. The minimum Gasteiger partial charge on any atom is -0.480 e. The van der Waals surface area contributed by atoms with Crippen LogP contribution >= 0.6 is 0 Å². The van der Waals surface area contributed by atoms with Gasteiger partial charge in [-0.2, -0.15) is 5.10 Å². The van der Waals surface area contributed by atoms with Gasteiger partial charge in [-0.05, 0) is 37.7 Å². The second-order valence-electron chi connectivity index (χ2n) is 6.05. The number of aromatic nitrogens is 2. The van der Waals surface area contributed by atoms with Gasteiger partial charge in [0.2, 0.25) is 0 Å².